The highest BCUT2D eigenvalue weighted by molar-refractivity contribution is 7.91. The average molecular weight is 356 g/mol. The zero-order valence-electron chi connectivity index (χ0n) is 14.4. The number of aliphatic imine (C=N–C) groups is 1. The van der Waals surface area contributed by atoms with Gasteiger partial charge < -0.3 is 15.1 Å². The predicted molar refractivity (Wildman–Crippen MR) is 93.7 cm³/mol. The highest BCUT2D eigenvalue weighted by atomic mass is 32.2. The maximum atomic E-state index is 12.3. The molecule has 136 valence electrons. The van der Waals surface area contributed by atoms with Crippen molar-refractivity contribution in [1.82, 2.24) is 15.1 Å². The normalized spacial score (nSPS) is 27.6. The Morgan fingerprint density at radius 1 is 1.29 bits per heavy atom. The SMILES string of the molecule is CCCNC(=NCC1CCS(=O)(=O)C1)N1CCN(C2CC2)C(=O)C1. The van der Waals surface area contributed by atoms with Crippen molar-refractivity contribution in [3.63, 3.8) is 0 Å². The summed E-state index contributed by atoms with van der Waals surface area (Å²) in [5.74, 6) is 1.56. The molecule has 0 aromatic heterocycles. The zero-order valence-corrected chi connectivity index (χ0v) is 15.2. The third kappa shape index (κ3) is 4.40. The lowest BCUT2D eigenvalue weighted by Crippen LogP contribution is -2.55. The summed E-state index contributed by atoms with van der Waals surface area (Å²) < 4.78 is 23.2. The molecule has 0 spiro atoms. The summed E-state index contributed by atoms with van der Waals surface area (Å²) in [7, 11) is -2.87. The number of amides is 1. The molecule has 3 fully saturated rings. The van der Waals surface area contributed by atoms with Crippen molar-refractivity contribution in [1.29, 1.82) is 0 Å². The molecule has 0 aromatic rings. The summed E-state index contributed by atoms with van der Waals surface area (Å²) in [6.07, 6.45) is 3.95. The van der Waals surface area contributed by atoms with Crippen molar-refractivity contribution in [2.24, 2.45) is 10.9 Å². The molecule has 7 nitrogen and oxygen atoms in total. The van der Waals surface area contributed by atoms with Crippen LogP contribution in [0, 0.1) is 5.92 Å². The van der Waals surface area contributed by atoms with E-state index in [4.69, 9.17) is 0 Å². The zero-order chi connectivity index (χ0) is 17.2. The van der Waals surface area contributed by atoms with Gasteiger partial charge in [0.25, 0.3) is 0 Å². The second-order valence-electron chi connectivity index (χ2n) is 7.10. The quantitative estimate of drug-likeness (QED) is 0.557. The first-order valence-corrected chi connectivity index (χ1v) is 10.8. The first kappa shape index (κ1) is 17.5. The van der Waals surface area contributed by atoms with E-state index < -0.39 is 9.84 Å². The lowest BCUT2D eigenvalue weighted by molar-refractivity contribution is -0.135. The third-order valence-electron chi connectivity index (χ3n) is 4.90. The number of rotatable bonds is 5. The molecule has 2 heterocycles. The smallest absolute Gasteiger partial charge is 0.242 e. The third-order valence-corrected chi connectivity index (χ3v) is 6.74. The van der Waals surface area contributed by atoms with Crippen molar-refractivity contribution in [2.75, 3.05) is 44.2 Å². The number of sulfone groups is 1. The maximum Gasteiger partial charge on any atom is 0.242 e. The van der Waals surface area contributed by atoms with Crippen molar-refractivity contribution in [3.05, 3.63) is 0 Å². The highest BCUT2D eigenvalue weighted by Gasteiger charge is 2.36. The Hall–Kier alpha value is -1.31. The molecular formula is C16H28N4O3S. The van der Waals surface area contributed by atoms with Gasteiger partial charge in [-0.25, -0.2) is 8.42 Å². The molecule has 1 N–H and O–H groups in total. The van der Waals surface area contributed by atoms with Crippen LogP contribution >= 0.6 is 0 Å². The van der Waals surface area contributed by atoms with Crippen LogP contribution in [0.25, 0.3) is 0 Å². The molecule has 1 aliphatic carbocycles. The largest absolute Gasteiger partial charge is 0.356 e. The molecule has 0 bridgehead atoms. The van der Waals surface area contributed by atoms with Crippen LogP contribution in [0.5, 0.6) is 0 Å². The van der Waals surface area contributed by atoms with Crippen LogP contribution in [-0.4, -0.2) is 80.4 Å². The Balaban J connectivity index is 1.60. The first-order valence-electron chi connectivity index (χ1n) is 9.01. The van der Waals surface area contributed by atoms with Crippen LogP contribution in [0.15, 0.2) is 4.99 Å². The molecule has 24 heavy (non-hydrogen) atoms. The van der Waals surface area contributed by atoms with Crippen LogP contribution in [0.2, 0.25) is 0 Å². The Kier molecular flexibility index (Phi) is 5.32. The molecule has 1 atom stereocenters. The van der Waals surface area contributed by atoms with Gasteiger partial charge in [0.05, 0.1) is 18.1 Å². The maximum absolute atomic E-state index is 12.3. The van der Waals surface area contributed by atoms with E-state index in [1.165, 1.54) is 0 Å². The standard InChI is InChI=1S/C16H28N4O3S/c1-2-6-17-16(18-10-13-5-9-24(22,23)12-13)19-7-8-20(14-3-4-14)15(21)11-19/h13-14H,2-12H2,1H3,(H,17,18). The molecule has 3 aliphatic rings. The van der Waals surface area contributed by atoms with E-state index in [2.05, 4.69) is 17.2 Å². The predicted octanol–water partition coefficient (Wildman–Crippen LogP) is 0.0833. The minimum atomic E-state index is -2.87. The Morgan fingerprint density at radius 2 is 2.08 bits per heavy atom. The van der Waals surface area contributed by atoms with Gasteiger partial charge in [-0.05, 0) is 31.6 Å². The van der Waals surface area contributed by atoms with Gasteiger partial charge in [-0.15, -0.1) is 0 Å². The number of nitrogens with zero attached hydrogens (tertiary/aromatic N) is 3. The van der Waals surface area contributed by atoms with Crippen LogP contribution in [-0.2, 0) is 14.6 Å². The van der Waals surface area contributed by atoms with E-state index in [0.29, 0.717) is 25.6 Å². The summed E-state index contributed by atoms with van der Waals surface area (Å²) in [5, 5.41) is 3.32. The Morgan fingerprint density at radius 3 is 2.67 bits per heavy atom. The summed E-state index contributed by atoms with van der Waals surface area (Å²) in [6.45, 7) is 5.33. The van der Waals surface area contributed by atoms with Gasteiger partial charge in [-0.3, -0.25) is 9.79 Å². The molecule has 0 aromatic carbocycles. The Labute approximate surface area is 144 Å². The fourth-order valence-corrected chi connectivity index (χ4v) is 5.23. The monoisotopic (exact) mass is 356 g/mol. The second-order valence-corrected chi connectivity index (χ2v) is 9.33. The molecular weight excluding hydrogens is 328 g/mol. The molecule has 1 amide bonds. The average Bonchev–Trinajstić information content (AvgIpc) is 3.31. The van der Waals surface area contributed by atoms with Crippen molar-refractivity contribution >= 4 is 21.7 Å². The highest BCUT2D eigenvalue weighted by Crippen LogP contribution is 2.28. The van der Waals surface area contributed by atoms with E-state index in [9.17, 15) is 13.2 Å². The van der Waals surface area contributed by atoms with E-state index in [1.807, 2.05) is 9.80 Å². The number of nitrogens with one attached hydrogen (secondary N) is 1. The topological polar surface area (TPSA) is 82.1 Å². The van der Waals surface area contributed by atoms with Crippen LogP contribution in [0.3, 0.4) is 0 Å². The minimum Gasteiger partial charge on any atom is -0.356 e. The van der Waals surface area contributed by atoms with E-state index >= 15 is 0 Å². The summed E-state index contributed by atoms with van der Waals surface area (Å²) >= 11 is 0. The van der Waals surface area contributed by atoms with Gasteiger partial charge in [0.15, 0.2) is 15.8 Å². The number of carbonyl (C=O) groups is 1. The lowest BCUT2D eigenvalue weighted by Gasteiger charge is -2.36. The van der Waals surface area contributed by atoms with Crippen molar-refractivity contribution in [3.8, 4) is 0 Å². The number of carbonyl (C=O) groups excluding carboxylic acids is 1. The minimum absolute atomic E-state index is 0.108. The Bertz CT molecular complexity index is 600. The fraction of sp³-hybridized carbons (Fsp3) is 0.875. The second kappa shape index (κ2) is 7.29. The number of guanidine groups is 1. The van der Waals surface area contributed by atoms with Crippen molar-refractivity contribution in [2.45, 2.75) is 38.6 Å². The van der Waals surface area contributed by atoms with Gasteiger partial charge in [0, 0.05) is 32.2 Å². The van der Waals surface area contributed by atoms with Gasteiger partial charge >= 0.3 is 0 Å². The van der Waals surface area contributed by atoms with Crippen LogP contribution < -0.4 is 5.32 Å². The lowest BCUT2D eigenvalue weighted by atomic mass is 10.1. The molecule has 0 radical (unpaired) electrons. The van der Waals surface area contributed by atoms with Gasteiger partial charge in [0.2, 0.25) is 5.91 Å². The molecule has 1 unspecified atom stereocenters. The number of piperazine rings is 1. The van der Waals surface area contributed by atoms with Crippen LogP contribution in [0.1, 0.15) is 32.6 Å². The van der Waals surface area contributed by atoms with E-state index in [-0.39, 0.29) is 23.3 Å². The number of hydrogen-bond donors (Lipinski definition) is 1. The molecule has 2 saturated heterocycles. The van der Waals surface area contributed by atoms with E-state index in [0.717, 1.165) is 44.9 Å². The molecule has 2 aliphatic heterocycles. The molecule has 8 heteroatoms. The van der Waals surface area contributed by atoms with Gasteiger partial charge in [0.1, 0.15) is 0 Å². The fourth-order valence-electron chi connectivity index (χ4n) is 3.38. The summed E-state index contributed by atoms with van der Waals surface area (Å²) in [4.78, 5) is 21.0. The van der Waals surface area contributed by atoms with Gasteiger partial charge in [-0.2, -0.15) is 0 Å². The summed E-state index contributed by atoms with van der Waals surface area (Å²) in [6, 6.07) is 0.465. The number of hydrogen-bond acceptors (Lipinski definition) is 4. The summed E-state index contributed by atoms with van der Waals surface area (Å²) in [5.41, 5.74) is 0. The molecule has 1 saturated carbocycles. The van der Waals surface area contributed by atoms with Crippen molar-refractivity contribution < 1.29 is 13.2 Å². The van der Waals surface area contributed by atoms with Crippen LogP contribution in [0.4, 0.5) is 0 Å². The first-order chi connectivity index (χ1) is 11.5. The van der Waals surface area contributed by atoms with E-state index in [1.54, 1.807) is 0 Å². The van der Waals surface area contributed by atoms with Gasteiger partial charge in [-0.1, -0.05) is 6.92 Å². The molecule has 3 rings (SSSR count).